The number of fused-ring (bicyclic) bond motifs is 1. The van der Waals surface area contributed by atoms with Crippen LogP contribution in [0.4, 0.5) is 13.2 Å². The van der Waals surface area contributed by atoms with Crippen LogP contribution in [0.25, 0.3) is 10.9 Å². The van der Waals surface area contributed by atoms with Gasteiger partial charge in [-0.1, -0.05) is 42.5 Å². The largest absolute Gasteiger partial charge is 0.489 e. The summed E-state index contributed by atoms with van der Waals surface area (Å²) in [5, 5.41) is 0.724. The Morgan fingerprint density at radius 1 is 0.971 bits per heavy atom. The lowest BCUT2D eigenvalue weighted by molar-refractivity contribution is -0.137. The summed E-state index contributed by atoms with van der Waals surface area (Å²) in [7, 11) is 0. The minimum atomic E-state index is -4.46. The van der Waals surface area contributed by atoms with Crippen molar-refractivity contribution >= 4 is 32.8 Å². The second kappa shape index (κ2) is 9.93. The van der Waals surface area contributed by atoms with Gasteiger partial charge in [-0.3, -0.25) is 0 Å². The molecule has 0 N–H and O–H groups in total. The standard InChI is InChI=1S/C26H21BrF3NO3/c1-2-33-25(32)24-23(27)21-12-11-20(34-16-17-7-4-3-5-8-17)14-22(21)31(24)15-18-9-6-10-19(13-18)26(28,29)30/h3-14H,2,15-16H2,1H3. The number of hydrogen-bond donors (Lipinski definition) is 0. The molecule has 0 spiro atoms. The van der Waals surface area contributed by atoms with E-state index in [-0.39, 0.29) is 18.8 Å². The van der Waals surface area contributed by atoms with E-state index in [1.165, 1.54) is 6.07 Å². The van der Waals surface area contributed by atoms with Crippen LogP contribution in [-0.2, 0) is 24.1 Å². The molecule has 0 aliphatic heterocycles. The molecule has 0 fully saturated rings. The van der Waals surface area contributed by atoms with Gasteiger partial charge in [0.2, 0.25) is 0 Å². The average molecular weight is 532 g/mol. The number of hydrogen-bond acceptors (Lipinski definition) is 3. The molecular formula is C26H21BrF3NO3. The normalized spacial score (nSPS) is 11.6. The van der Waals surface area contributed by atoms with Gasteiger partial charge in [-0.25, -0.2) is 4.79 Å². The minimum Gasteiger partial charge on any atom is -0.489 e. The van der Waals surface area contributed by atoms with Gasteiger partial charge in [0.1, 0.15) is 18.1 Å². The maximum atomic E-state index is 13.2. The number of carbonyl (C=O) groups excluding carboxylic acids is 1. The van der Waals surface area contributed by atoms with E-state index in [0.717, 1.165) is 23.1 Å². The van der Waals surface area contributed by atoms with Crippen molar-refractivity contribution in [2.24, 2.45) is 0 Å². The van der Waals surface area contributed by atoms with Crippen molar-refractivity contribution in [3.8, 4) is 5.75 Å². The Bertz CT molecular complexity index is 1320. The predicted octanol–water partition coefficient (Wildman–Crippen LogP) is 7.23. The first kappa shape index (κ1) is 23.9. The summed E-state index contributed by atoms with van der Waals surface area (Å²) in [6, 6.07) is 20.1. The van der Waals surface area contributed by atoms with Gasteiger partial charge in [0, 0.05) is 18.0 Å². The van der Waals surface area contributed by atoms with E-state index in [9.17, 15) is 18.0 Å². The molecule has 0 bridgehead atoms. The van der Waals surface area contributed by atoms with Gasteiger partial charge in [0.05, 0.1) is 22.2 Å². The number of rotatable bonds is 7. The highest BCUT2D eigenvalue weighted by molar-refractivity contribution is 9.10. The van der Waals surface area contributed by atoms with Crippen molar-refractivity contribution in [3.63, 3.8) is 0 Å². The van der Waals surface area contributed by atoms with Crippen molar-refractivity contribution in [1.29, 1.82) is 0 Å². The van der Waals surface area contributed by atoms with E-state index in [2.05, 4.69) is 15.9 Å². The molecule has 0 unspecified atom stereocenters. The molecule has 0 radical (unpaired) electrons. The van der Waals surface area contributed by atoms with Crippen LogP contribution in [0, 0.1) is 0 Å². The first-order valence-electron chi connectivity index (χ1n) is 10.6. The topological polar surface area (TPSA) is 40.5 Å². The molecule has 0 aliphatic carbocycles. The predicted molar refractivity (Wildman–Crippen MR) is 127 cm³/mol. The molecule has 0 saturated carbocycles. The van der Waals surface area contributed by atoms with Gasteiger partial charge >= 0.3 is 12.1 Å². The Morgan fingerprint density at radius 3 is 2.41 bits per heavy atom. The highest BCUT2D eigenvalue weighted by atomic mass is 79.9. The summed E-state index contributed by atoms with van der Waals surface area (Å²) >= 11 is 3.49. The second-order valence-electron chi connectivity index (χ2n) is 7.62. The minimum absolute atomic E-state index is 0.0440. The summed E-state index contributed by atoms with van der Waals surface area (Å²) in [6.07, 6.45) is -4.46. The number of alkyl halides is 3. The third-order valence-electron chi connectivity index (χ3n) is 5.29. The number of ether oxygens (including phenoxy) is 2. The molecule has 34 heavy (non-hydrogen) atoms. The second-order valence-corrected chi connectivity index (χ2v) is 8.41. The van der Waals surface area contributed by atoms with E-state index in [4.69, 9.17) is 9.47 Å². The summed E-state index contributed by atoms with van der Waals surface area (Å²) in [5.74, 6) is 0.00589. The summed E-state index contributed by atoms with van der Waals surface area (Å²) in [4.78, 5) is 12.8. The third-order valence-corrected chi connectivity index (χ3v) is 6.09. The van der Waals surface area contributed by atoms with Crippen molar-refractivity contribution in [1.82, 2.24) is 4.57 Å². The van der Waals surface area contributed by atoms with Gasteiger partial charge in [-0.2, -0.15) is 13.2 Å². The van der Waals surface area contributed by atoms with Crippen molar-refractivity contribution < 1.29 is 27.4 Å². The van der Waals surface area contributed by atoms with Crippen LogP contribution in [0.3, 0.4) is 0 Å². The maximum absolute atomic E-state index is 13.2. The molecule has 1 aromatic heterocycles. The number of esters is 1. The highest BCUT2D eigenvalue weighted by Crippen LogP contribution is 2.35. The van der Waals surface area contributed by atoms with Gasteiger partial charge in [0.25, 0.3) is 0 Å². The summed E-state index contributed by atoms with van der Waals surface area (Å²) in [5.41, 5.74) is 1.52. The molecule has 1 heterocycles. The van der Waals surface area contributed by atoms with E-state index in [0.29, 0.717) is 27.9 Å². The van der Waals surface area contributed by atoms with E-state index in [1.54, 1.807) is 29.7 Å². The molecule has 0 aliphatic rings. The zero-order valence-corrected chi connectivity index (χ0v) is 19.8. The number of halogens is 4. The fraction of sp³-hybridized carbons (Fsp3) is 0.192. The molecular weight excluding hydrogens is 511 g/mol. The van der Waals surface area contributed by atoms with Crippen LogP contribution in [0.2, 0.25) is 0 Å². The highest BCUT2D eigenvalue weighted by Gasteiger charge is 2.30. The first-order valence-corrected chi connectivity index (χ1v) is 11.4. The quantitative estimate of drug-likeness (QED) is 0.236. The molecule has 8 heteroatoms. The zero-order chi connectivity index (χ0) is 24.3. The van der Waals surface area contributed by atoms with Crippen LogP contribution in [-0.4, -0.2) is 17.1 Å². The Kier molecular flexibility index (Phi) is 6.97. The van der Waals surface area contributed by atoms with Crippen LogP contribution < -0.4 is 4.74 Å². The fourth-order valence-corrected chi connectivity index (χ4v) is 4.42. The van der Waals surface area contributed by atoms with E-state index in [1.807, 2.05) is 36.4 Å². The third kappa shape index (κ3) is 5.12. The van der Waals surface area contributed by atoms with Gasteiger partial charge in [0.15, 0.2) is 0 Å². The maximum Gasteiger partial charge on any atom is 0.416 e. The van der Waals surface area contributed by atoms with E-state index >= 15 is 0 Å². The van der Waals surface area contributed by atoms with E-state index < -0.39 is 17.7 Å². The Morgan fingerprint density at radius 2 is 1.71 bits per heavy atom. The van der Waals surface area contributed by atoms with Gasteiger partial charge < -0.3 is 14.0 Å². The first-order chi connectivity index (χ1) is 16.3. The monoisotopic (exact) mass is 531 g/mol. The van der Waals surface area contributed by atoms with Gasteiger partial charge in [-0.15, -0.1) is 0 Å². The molecule has 0 saturated heterocycles. The summed E-state index contributed by atoms with van der Waals surface area (Å²) in [6.45, 7) is 2.26. The molecule has 176 valence electrons. The molecule has 0 amide bonds. The fourth-order valence-electron chi connectivity index (χ4n) is 3.71. The van der Waals surface area contributed by atoms with Crippen molar-refractivity contribution in [2.45, 2.75) is 26.3 Å². The van der Waals surface area contributed by atoms with Crippen LogP contribution >= 0.6 is 15.9 Å². The number of aromatic nitrogens is 1. The molecule has 3 aromatic carbocycles. The van der Waals surface area contributed by atoms with Crippen LogP contribution in [0.1, 0.15) is 34.1 Å². The van der Waals surface area contributed by atoms with Crippen LogP contribution in [0.15, 0.2) is 77.3 Å². The lowest BCUT2D eigenvalue weighted by atomic mass is 10.1. The number of nitrogens with zero attached hydrogens (tertiary/aromatic N) is 1. The SMILES string of the molecule is CCOC(=O)c1c(Br)c2ccc(OCc3ccccc3)cc2n1Cc1cccc(C(F)(F)F)c1. The molecule has 4 rings (SSSR count). The Hall–Kier alpha value is -3.26. The number of benzene rings is 3. The molecule has 4 nitrogen and oxygen atoms in total. The van der Waals surface area contributed by atoms with Crippen LogP contribution in [0.5, 0.6) is 5.75 Å². The Balaban J connectivity index is 1.76. The average Bonchev–Trinajstić information content (AvgIpc) is 3.09. The smallest absolute Gasteiger partial charge is 0.416 e. The van der Waals surface area contributed by atoms with Crippen molar-refractivity contribution in [3.05, 3.63) is 99.7 Å². The molecule has 4 aromatic rings. The Labute approximate surface area is 203 Å². The zero-order valence-electron chi connectivity index (χ0n) is 18.2. The van der Waals surface area contributed by atoms with Crippen molar-refractivity contribution in [2.75, 3.05) is 6.61 Å². The van der Waals surface area contributed by atoms with Gasteiger partial charge in [-0.05, 0) is 58.2 Å². The number of carbonyl (C=O) groups is 1. The molecule has 0 atom stereocenters. The lowest BCUT2D eigenvalue weighted by Gasteiger charge is -2.13. The summed E-state index contributed by atoms with van der Waals surface area (Å²) < 4.78 is 53.1. The lowest BCUT2D eigenvalue weighted by Crippen LogP contribution is -2.14.